The van der Waals surface area contributed by atoms with Crippen LogP contribution in [-0.4, -0.2) is 27.7 Å². The zero-order valence-corrected chi connectivity index (χ0v) is 7.64. The van der Waals surface area contributed by atoms with Gasteiger partial charge in [-0.05, 0) is 25.2 Å². The molecule has 2 aliphatic carbocycles. The minimum atomic E-state index is -1.30. The fourth-order valence-corrected chi connectivity index (χ4v) is 3.09. The first-order valence-corrected chi connectivity index (χ1v) is 4.72. The van der Waals surface area contributed by atoms with Gasteiger partial charge in [0.15, 0.2) is 0 Å². The SMILES string of the molecule is N[C@@]1(C(=O)O)C[C@H]2CC[C@@H]1C2C(=O)O. The number of nitrogens with two attached hydrogens (primary N) is 1. The van der Waals surface area contributed by atoms with E-state index >= 15 is 0 Å². The predicted octanol–water partition coefficient (Wildman–Crippen LogP) is -0.101. The van der Waals surface area contributed by atoms with Crippen molar-refractivity contribution in [3.63, 3.8) is 0 Å². The van der Waals surface area contributed by atoms with E-state index in [0.717, 1.165) is 6.42 Å². The molecule has 0 aromatic rings. The van der Waals surface area contributed by atoms with E-state index in [0.29, 0.717) is 12.8 Å². The van der Waals surface area contributed by atoms with Gasteiger partial charge in [-0.2, -0.15) is 0 Å². The summed E-state index contributed by atoms with van der Waals surface area (Å²) >= 11 is 0. The van der Waals surface area contributed by atoms with Crippen LogP contribution < -0.4 is 5.73 Å². The first-order chi connectivity index (χ1) is 6.47. The molecule has 78 valence electrons. The molecule has 5 heteroatoms. The van der Waals surface area contributed by atoms with E-state index in [4.69, 9.17) is 15.9 Å². The van der Waals surface area contributed by atoms with Gasteiger partial charge >= 0.3 is 11.9 Å². The number of aliphatic carboxylic acids is 2. The van der Waals surface area contributed by atoms with Crippen molar-refractivity contribution >= 4 is 11.9 Å². The molecular weight excluding hydrogens is 186 g/mol. The van der Waals surface area contributed by atoms with Gasteiger partial charge in [0.25, 0.3) is 0 Å². The number of fused-ring (bicyclic) bond motifs is 2. The van der Waals surface area contributed by atoms with Gasteiger partial charge in [-0.15, -0.1) is 0 Å². The van der Waals surface area contributed by atoms with Crippen LogP contribution in [0.2, 0.25) is 0 Å². The molecule has 0 radical (unpaired) electrons. The van der Waals surface area contributed by atoms with Crippen LogP contribution in [0.1, 0.15) is 19.3 Å². The van der Waals surface area contributed by atoms with Crippen LogP contribution in [0.4, 0.5) is 0 Å². The molecule has 1 unspecified atom stereocenters. The fraction of sp³-hybridized carbons (Fsp3) is 0.778. The van der Waals surface area contributed by atoms with Crippen LogP contribution in [0.15, 0.2) is 0 Å². The second-order valence-corrected chi connectivity index (χ2v) is 4.36. The average molecular weight is 199 g/mol. The molecule has 0 aliphatic heterocycles. The van der Waals surface area contributed by atoms with E-state index in [1.165, 1.54) is 0 Å². The van der Waals surface area contributed by atoms with Crippen LogP contribution in [0.3, 0.4) is 0 Å². The Balaban J connectivity index is 2.31. The Kier molecular flexibility index (Phi) is 1.82. The molecule has 5 nitrogen and oxygen atoms in total. The molecule has 0 heterocycles. The van der Waals surface area contributed by atoms with Crippen molar-refractivity contribution in [1.29, 1.82) is 0 Å². The third-order valence-corrected chi connectivity index (χ3v) is 3.73. The summed E-state index contributed by atoms with van der Waals surface area (Å²) in [6, 6.07) is 0. The van der Waals surface area contributed by atoms with Gasteiger partial charge in [0.05, 0.1) is 5.92 Å². The number of carboxylic acid groups (broad SMARTS) is 2. The smallest absolute Gasteiger partial charge is 0.324 e. The molecule has 2 bridgehead atoms. The second kappa shape index (κ2) is 2.70. The van der Waals surface area contributed by atoms with Crippen molar-refractivity contribution in [2.75, 3.05) is 0 Å². The second-order valence-electron chi connectivity index (χ2n) is 4.36. The third kappa shape index (κ3) is 0.987. The zero-order chi connectivity index (χ0) is 10.5. The van der Waals surface area contributed by atoms with Gasteiger partial charge in [0.1, 0.15) is 5.54 Å². The maximum Gasteiger partial charge on any atom is 0.324 e. The molecule has 14 heavy (non-hydrogen) atoms. The maximum atomic E-state index is 11.0. The van der Waals surface area contributed by atoms with Crippen LogP contribution >= 0.6 is 0 Å². The van der Waals surface area contributed by atoms with Crippen molar-refractivity contribution in [2.24, 2.45) is 23.5 Å². The van der Waals surface area contributed by atoms with Crippen molar-refractivity contribution in [1.82, 2.24) is 0 Å². The Hall–Kier alpha value is -1.10. The Morgan fingerprint density at radius 3 is 2.29 bits per heavy atom. The van der Waals surface area contributed by atoms with Crippen LogP contribution in [0, 0.1) is 17.8 Å². The number of carbonyl (C=O) groups is 2. The normalized spacial score (nSPS) is 45.4. The quantitative estimate of drug-likeness (QED) is 0.576. The van der Waals surface area contributed by atoms with E-state index in [9.17, 15) is 9.59 Å². The van der Waals surface area contributed by atoms with Crippen LogP contribution in [0.25, 0.3) is 0 Å². The summed E-state index contributed by atoms with van der Waals surface area (Å²) in [7, 11) is 0. The number of hydrogen-bond donors (Lipinski definition) is 3. The summed E-state index contributed by atoms with van der Waals surface area (Å²) in [5.74, 6) is -2.93. The van der Waals surface area contributed by atoms with E-state index < -0.39 is 23.4 Å². The van der Waals surface area contributed by atoms with Crippen LogP contribution in [-0.2, 0) is 9.59 Å². The Labute approximate surface area is 80.9 Å². The molecule has 0 amide bonds. The number of rotatable bonds is 2. The highest BCUT2D eigenvalue weighted by Gasteiger charge is 2.61. The van der Waals surface area contributed by atoms with E-state index in [2.05, 4.69) is 0 Å². The van der Waals surface area contributed by atoms with Gasteiger partial charge in [-0.1, -0.05) is 0 Å². The zero-order valence-electron chi connectivity index (χ0n) is 7.64. The third-order valence-electron chi connectivity index (χ3n) is 3.73. The molecule has 4 atom stereocenters. The van der Waals surface area contributed by atoms with Crippen molar-refractivity contribution in [3.8, 4) is 0 Å². The summed E-state index contributed by atoms with van der Waals surface area (Å²) < 4.78 is 0. The molecule has 0 aromatic carbocycles. The highest BCUT2D eigenvalue weighted by Crippen LogP contribution is 2.53. The summed E-state index contributed by atoms with van der Waals surface area (Å²) in [5.41, 5.74) is 4.45. The van der Waals surface area contributed by atoms with E-state index in [-0.39, 0.29) is 11.8 Å². The van der Waals surface area contributed by atoms with Crippen LogP contribution in [0.5, 0.6) is 0 Å². The maximum absolute atomic E-state index is 11.0. The number of carboxylic acids is 2. The van der Waals surface area contributed by atoms with Crippen molar-refractivity contribution < 1.29 is 19.8 Å². The summed E-state index contributed by atoms with van der Waals surface area (Å²) in [4.78, 5) is 21.9. The number of hydrogen-bond acceptors (Lipinski definition) is 3. The topological polar surface area (TPSA) is 101 Å². The fourth-order valence-electron chi connectivity index (χ4n) is 3.09. The minimum Gasteiger partial charge on any atom is -0.481 e. The average Bonchev–Trinajstić information content (AvgIpc) is 2.58. The summed E-state index contributed by atoms with van der Waals surface area (Å²) in [6.07, 6.45) is 1.74. The van der Waals surface area contributed by atoms with Gasteiger partial charge in [-0.3, -0.25) is 9.59 Å². The van der Waals surface area contributed by atoms with Gasteiger partial charge in [0.2, 0.25) is 0 Å². The lowest BCUT2D eigenvalue weighted by molar-refractivity contribution is -0.147. The first kappa shape index (κ1) is 9.45. The predicted molar refractivity (Wildman–Crippen MR) is 46.5 cm³/mol. The molecule has 2 aliphatic rings. The molecule has 2 rings (SSSR count). The highest BCUT2D eigenvalue weighted by molar-refractivity contribution is 5.83. The Bertz CT molecular complexity index is 303. The van der Waals surface area contributed by atoms with Gasteiger partial charge in [-0.25, -0.2) is 0 Å². The Morgan fingerprint density at radius 1 is 1.29 bits per heavy atom. The summed E-state index contributed by atoms with van der Waals surface area (Å²) in [5, 5.41) is 17.9. The summed E-state index contributed by atoms with van der Waals surface area (Å²) in [6.45, 7) is 0. The molecule has 2 saturated carbocycles. The largest absolute Gasteiger partial charge is 0.481 e. The molecule has 0 aromatic heterocycles. The Morgan fingerprint density at radius 2 is 1.93 bits per heavy atom. The molecule has 4 N–H and O–H groups in total. The van der Waals surface area contributed by atoms with E-state index in [1.807, 2.05) is 0 Å². The monoisotopic (exact) mass is 199 g/mol. The minimum absolute atomic E-state index is 0.0430. The van der Waals surface area contributed by atoms with Gasteiger partial charge < -0.3 is 15.9 Å². The first-order valence-electron chi connectivity index (χ1n) is 4.72. The van der Waals surface area contributed by atoms with Crippen molar-refractivity contribution in [2.45, 2.75) is 24.8 Å². The lowest BCUT2D eigenvalue weighted by Gasteiger charge is -2.29. The lowest BCUT2D eigenvalue weighted by Crippen LogP contribution is -2.53. The highest BCUT2D eigenvalue weighted by atomic mass is 16.4. The van der Waals surface area contributed by atoms with Gasteiger partial charge in [0, 0.05) is 5.92 Å². The molecule has 2 fully saturated rings. The molecule has 0 saturated heterocycles. The standard InChI is InChI=1S/C9H13NO4/c10-9(8(13)14)3-4-1-2-5(9)6(4)7(11)12/h4-6H,1-3,10H2,(H,11,12)(H,13,14)/t4-,5-,6?,9+/m1/s1. The van der Waals surface area contributed by atoms with Crippen molar-refractivity contribution in [3.05, 3.63) is 0 Å². The lowest BCUT2D eigenvalue weighted by atomic mass is 9.81. The molecular formula is C9H13NO4. The molecule has 0 spiro atoms. The van der Waals surface area contributed by atoms with E-state index in [1.54, 1.807) is 0 Å².